The molecule has 0 N–H and O–H groups in total. The van der Waals surface area contributed by atoms with Gasteiger partial charge in [-0.05, 0) is 24.3 Å². The molecule has 1 spiro atoms. The van der Waals surface area contributed by atoms with Gasteiger partial charge in [0.2, 0.25) is 0 Å². The Hall–Kier alpha value is -2.36. The smallest absolute Gasteiger partial charge is 0.265 e. The summed E-state index contributed by atoms with van der Waals surface area (Å²) in [6.45, 7) is 0.508. The lowest BCUT2D eigenvalue weighted by atomic mass is 9.91. The predicted molar refractivity (Wildman–Crippen MR) is 68.1 cm³/mol. The first kappa shape index (κ1) is 9.65. The summed E-state index contributed by atoms with van der Waals surface area (Å²) in [6, 6.07) is 7.41. The molecule has 2 aliphatic rings. The molecule has 0 fully saturated rings. The number of aromatic nitrogens is 2. The molecular formula is C14H10N2O2. The number of nitrogens with zero attached hydrogens (tertiary/aromatic N) is 2. The quantitative estimate of drug-likeness (QED) is 0.701. The van der Waals surface area contributed by atoms with Crippen molar-refractivity contribution in [2.75, 3.05) is 6.61 Å². The summed E-state index contributed by atoms with van der Waals surface area (Å²) >= 11 is 0. The molecule has 0 saturated carbocycles. The summed E-state index contributed by atoms with van der Waals surface area (Å²) < 4.78 is 6.92. The fourth-order valence-electron chi connectivity index (χ4n) is 2.54. The van der Waals surface area contributed by atoms with Crippen LogP contribution < -0.4 is 5.56 Å². The molecule has 4 heteroatoms. The van der Waals surface area contributed by atoms with E-state index in [9.17, 15) is 4.79 Å². The molecule has 0 radical (unpaired) electrons. The highest BCUT2D eigenvalue weighted by Crippen LogP contribution is 2.35. The SMILES string of the molecule is O=c1c2ccccc2nc2n1C=CC21C=COC1. The van der Waals surface area contributed by atoms with Gasteiger partial charge in [0, 0.05) is 6.20 Å². The molecule has 3 heterocycles. The van der Waals surface area contributed by atoms with E-state index in [1.54, 1.807) is 23.1 Å². The first-order valence-electron chi connectivity index (χ1n) is 5.81. The van der Waals surface area contributed by atoms with Gasteiger partial charge in [0.05, 0.1) is 17.2 Å². The van der Waals surface area contributed by atoms with Crippen molar-refractivity contribution in [2.24, 2.45) is 0 Å². The number of hydrogen-bond donors (Lipinski definition) is 0. The summed E-state index contributed by atoms with van der Waals surface area (Å²) in [5.41, 5.74) is 0.338. The molecule has 2 aromatic rings. The zero-order chi connectivity index (χ0) is 12.2. The zero-order valence-electron chi connectivity index (χ0n) is 9.54. The highest BCUT2D eigenvalue weighted by Gasteiger charge is 2.39. The maximum Gasteiger partial charge on any atom is 0.265 e. The van der Waals surface area contributed by atoms with Crippen LogP contribution in [0.3, 0.4) is 0 Å². The maximum absolute atomic E-state index is 12.4. The van der Waals surface area contributed by atoms with Crippen molar-refractivity contribution < 1.29 is 4.74 Å². The van der Waals surface area contributed by atoms with Crippen LogP contribution in [0.5, 0.6) is 0 Å². The topological polar surface area (TPSA) is 44.1 Å². The Morgan fingerprint density at radius 3 is 3.00 bits per heavy atom. The van der Waals surface area contributed by atoms with E-state index in [4.69, 9.17) is 4.74 Å². The minimum atomic E-state index is -0.372. The van der Waals surface area contributed by atoms with Crippen molar-refractivity contribution in [3.8, 4) is 0 Å². The van der Waals surface area contributed by atoms with Gasteiger partial charge < -0.3 is 4.74 Å². The standard InChI is InChI=1S/C14H10N2O2/c17-12-10-3-1-2-4-11(10)15-13-14(5-7-16(12)13)6-8-18-9-14/h1-8H,9H2. The Morgan fingerprint density at radius 1 is 1.28 bits per heavy atom. The Balaban J connectivity index is 2.12. The lowest BCUT2D eigenvalue weighted by Crippen LogP contribution is -2.29. The third-order valence-corrected chi connectivity index (χ3v) is 3.53. The highest BCUT2D eigenvalue weighted by atomic mass is 16.5. The van der Waals surface area contributed by atoms with E-state index in [-0.39, 0.29) is 11.0 Å². The molecule has 88 valence electrons. The van der Waals surface area contributed by atoms with E-state index in [1.807, 2.05) is 30.4 Å². The van der Waals surface area contributed by atoms with Crippen LogP contribution in [0.15, 0.2) is 47.5 Å². The monoisotopic (exact) mass is 238 g/mol. The van der Waals surface area contributed by atoms with Crippen LogP contribution >= 0.6 is 0 Å². The number of benzene rings is 1. The predicted octanol–water partition coefficient (Wildman–Crippen LogP) is 1.66. The zero-order valence-corrected chi connectivity index (χ0v) is 9.54. The number of para-hydroxylation sites is 1. The normalized spacial score (nSPS) is 23.8. The van der Waals surface area contributed by atoms with Gasteiger partial charge >= 0.3 is 0 Å². The van der Waals surface area contributed by atoms with E-state index in [0.717, 1.165) is 11.3 Å². The molecule has 18 heavy (non-hydrogen) atoms. The molecule has 4 rings (SSSR count). The molecular weight excluding hydrogens is 228 g/mol. The number of ether oxygens (including phenoxy) is 1. The molecule has 1 atom stereocenters. The average Bonchev–Trinajstić information content (AvgIpc) is 3.00. The van der Waals surface area contributed by atoms with Crippen molar-refractivity contribution in [3.63, 3.8) is 0 Å². The van der Waals surface area contributed by atoms with E-state index in [2.05, 4.69) is 4.98 Å². The van der Waals surface area contributed by atoms with Gasteiger partial charge in [-0.1, -0.05) is 12.1 Å². The van der Waals surface area contributed by atoms with Gasteiger partial charge in [0.15, 0.2) is 0 Å². The van der Waals surface area contributed by atoms with Crippen LogP contribution in [-0.2, 0) is 10.2 Å². The minimum absolute atomic E-state index is 0.0241. The van der Waals surface area contributed by atoms with Crippen LogP contribution in [0.2, 0.25) is 0 Å². The summed E-state index contributed by atoms with van der Waals surface area (Å²) in [5, 5.41) is 0.644. The molecule has 0 bridgehead atoms. The van der Waals surface area contributed by atoms with Crippen LogP contribution in [0.4, 0.5) is 0 Å². The lowest BCUT2D eigenvalue weighted by Gasteiger charge is -2.17. The molecule has 1 aromatic carbocycles. The van der Waals surface area contributed by atoms with Gasteiger partial charge in [-0.3, -0.25) is 9.36 Å². The molecule has 0 saturated heterocycles. The van der Waals surface area contributed by atoms with Gasteiger partial charge in [-0.15, -0.1) is 0 Å². The molecule has 2 aliphatic heterocycles. The number of hydrogen-bond acceptors (Lipinski definition) is 3. The van der Waals surface area contributed by atoms with Crippen LogP contribution in [0.1, 0.15) is 5.82 Å². The van der Waals surface area contributed by atoms with Crippen molar-refractivity contribution in [3.05, 3.63) is 58.9 Å². The van der Waals surface area contributed by atoms with Gasteiger partial charge in [-0.2, -0.15) is 0 Å². The largest absolute Gasteiger partial charge is 0.500 e. The van der Waals surface area contributed by atoms with E-state index in [0.29, 0.717) is 12.0 Å². The molecule has 1 aromatic heterocycles. The summed E-state index contributed by atoms with van der Waals surface area (Å²) in [7, 11) is 0. The van der Waals surface area contributed by atoms with Gasteiger partial charge in [-0.25, -0.2) is 4.98 Å². The molecule has 1 unspecified atom stereocenters. The molecule has 0 aliphatic carbocycles. The van der Waals surface area contributed by atoms with Crippen molar-refractivity contribution in [1.29, 1.82) is 0 Å². The van der Waals surface area contributed by atoms with Crippen molar-refractivity contribution in [1.82, 2.24) is 9.55 Å². The number of rotatable bonds is 0. The second-order valence-electron chi connectivity index (χ2n) is 4.60. The fraction of sp³-hybridized carbons (Fsp3) is 0.143. The highest BCUT2D eigenvalue weighted by molar-refractivity contribution is 5.78. The third-order valence-electron chi connectivity index (χ3n) is 3.53. The second kappa shape index (κ2) is 3.10. The van der Waals surface area contributed by atoms with Crippen LogP contribution in [0, 0.1) is 0 Å². The first-order chi connectivity index (χ1) is 8.80. The molecule has 0 amide bonds. The van der Waals surface area contributed by atoms with Gasteiger partial charge in [0.25, 0.3) is 5.56 Å². The first-order valence-corrected chi connectivity index (χ1v) is 5.81. The summed E-state index contributed by atoms with van der Waals surface area (Å²) in [6.07, 6.45) is 7.38. The van der Waals surface area contributed by atoms with Crippen LogP contribution in [0.25, 0.3) is 17.1 Å². The Morgan fingerprint density at radius 2 is 2.17 bits per heavy atom. The van der Waals surface area contributed by atoms with Gasteiger partial charge in [0.1, 0.15) is 17.8 Å². The Labute approximate surface area is 103 Å². The lowest BCUT2D eigenvalue weighted by molar-refractivity contribution is 0.246. The second-order valence-corrected chi connectivity index (χ2v) is 4.60. The van der Waals surface area contributed by atoms with E-state index in [1.165, 1.54) is 0 Å². The summed E-state index contributed by atoms with van der Waals surface area (Å²) in [5.74, 6) is 0.736. The van der Waals surface area contributed by atoms with E-state index >= 15 is 0 Å². The minimum Gasteiger partial charge on any atom is -0.500 e. The third kappa shape index (κ3) is 1.05. The van der Waals surface area contributed by atoms with Crippen molar-refractivity contribution >= 4 is 17.1 Å². The van der Waals surface area contributed by atoms with E-state index < -0.39 is 0 Å². The maximum atomic E-state index is 12.4. The van der Waals surface area contributed by atoms with Crippen LogP contribution in [-0.4, -0.2) is 16.2 Å². The number of fused-ring (bicyclic) bond motifs is 3. The molecule has 4 nitrogen and oxygen atoms in total. The Kier molecular flexibility index (Phi) is 1.66. The summed E-state index contributed by atoms with van der Waals surface area (Å²) in [4.78, 5) is 17.0. The Bertz CT molecular complexity index is 773. The average molecular weight is 238 g/mol. The fourth-order valence-corrected chi connectivity index (χ4v) is 2.54. The van der Waals surface area contributed by atoms with Crippen molar-refractivity contribution in [2.45, 2.75) is 5.41 Å².